The fourth-order valence-corrected chi connectivity index (χ4v) is 4.16. The Morgan fingerprint density at radius 2 is 1.09 bits per heavy atom. The first-order valence-corrected chi connectivity index (χ1v) is 14.2. The van der Waals surface area contributed by atoms with Crippen molar-refractivity contribution in [2.75, 3.05) is 6.54 Å². The van der Waals surface area contributed by atoms with Crippen LogP contribution in [0.25, 0.3) is 0 Å². The molecule has 2 N–H and O–H groups in total. The van der Waals surface area contributed by atoms with Crippen molar-refractivity contribution in [2.45, 2.75) is 155 Å². The monoisotopic (exact) mass is 483 g/mol. The van der Waals surface area contributed by atoms with Gasteiger partial charge in [-0.3, -0.25) is 14.4 Å². The molecule has 0 aromatic carbocycles. The number of carbonyl (C=O) groups excluding carboxylic acids is 2. The van der Waals surface area contributed by atoms with Crippen molar-refractivity contribution in [2.24, 2.45) is 0 Å². The average Bonchev–Trinajstić information content (AvgIpc) is 2.81. The van der Waals surface area contributed by atoms with Crippen LogP contribution in [0, 0.1) is 0 Å². The van der Waals surface area contributed by atoms with Gasteiger partial charge in [0.05, 0.1) is 0 Å². The highest BCUT2D eigenvalue weighted by Gasteiger charge is 2.14. The minimum Gasteiger partial charge on any atom is -0.480 e. The lowest BCUT2D eigenvalue weighted by molar-refractivity contribution is -0.150. The van der Waals surface area contributed by atoms with Crippen molar-refractivity contribution in [1.29, 1.82) is 0 Å². The second-order valence-corrected chi connectivity index (χ2v) is 9.66. The van der Waals surface area contributed by atoms with Crippen molar-refractivity contribution in [3.05, 3.63) is 0 Å². The number of ether oxygens (including phenoxy) is 1. The van der Waals surface area contributed by atoms with Gasteiger partial charge in [-0.1, -0.05) is 97.3 Å². The number of carboxylic acids is 1. The van der Waals surface area contributed by atoms with Crippen molar-refractivity contribution in [1.82, 2.24) is 5.32 Å². The lowest BCUT2D eigenvalue weighted by Crippen LogP contribution is -2.28. The largest absolute Gasteiger partial charge is 0.480 e. The van der Waals surface area contributed by atoms with Gasteiger partial charge >= 0.3 is 11.9 Å². The van der Waals surface area contributed by atoms with E-state index in [-0.39, 0.29) is 24.5 Å². The Labute approximate surface area is 209 Å². The van der Waals surface area contributed by atoms with E-state index in [4.69, 9.17) is 9.84 Å². The highest BCUT2D eigenvalue weighted by Crippen LogP contribution is 2.18. The molecule has 0 radical (unpaired) electrons. The minimum absolute atomic E-state index is 0.0155. The van der Waals surface area contributed by atoms with Crippen LogP contribution in [0.5, 0.6) is 0 Å². The van der Waals surface area contributed by atoms with Crippen LogP contribution in [0.2, 0.25) is 0 Å². The van der Waals surface area contributed by atoms with Gasteiger partial charge < -0.3 is 15.2 Å². The molecule has 0 saturated carbocycles. The highest BCUT2D eigenvalue weighted by molar-refractivity contribution is 5.80. The molecule has 0 fully saturated rings. The fraction of sp³-hybridized carbons (Fsp3) is 0.893. The number of carbonyl (C=O) groups is 3. The predicted molar refractivity (Wildman–Crippen MR) is 139 cm³/mol. The number of hydrogen-bond donors (Lipinski definition) is 2. The SMILES string of the molecule is CCCCCCCCCCCC(=O)OC(CCCCCC)CCCCCCC(=O)NCC(=O)O. The van der Waals surface area contributed by atoms with Gasteiger partial charge in [-0.15, -0.1) is 0 Å². The summed E-state index contributed by atoms with van der Waals surface area (Å²) in [6.45, 7) is 4.12. The van der Waals surface area contributed by atoms with Gasteiger partial charge in [0, 0.05) is 12.8 Å². The van der Waals surface area contributed by atoms with E-state index in [1.54, 1.807) is 0 Å². The summed E-state index contributed by atoms with van der Waals surface area (Å²) in [5.41, 5.74) is 0. The second kappa shape index (κ2) is 24.5. The molecule has 0 aromatic heterocycles. The van der Waals surface area contributed by atoms with Crippen LogP contribution in [0.1, 0.15) is 149 Å². The normalized spacial score (nSPS) is 11.8. The summed E-state index contributed by atoms with van der Waals surface area (Å²) >= 11 is 0. The van der Waals surface area contributed by atoms with Gasteiger partial charge in [0.25, 0.3) is 0 Å². The molecule has 0 spiro atoms. The van der Waals surface area contributed by atoms with E-state index in [1.165, 1.54) is 64.2 Å². The van der Waals surface area contributed by atoms with Gasteiger partial charge in [0.2, 0.25) is 5.91 Å². The Morgan fingerprint density at radius 1 is 0.647 bits per heavy atom. The molecular formula is C28H53NO5. The molecule has 0 saturated heterocycles. The van der Waals surface area contributed by atoms with Gasteiger partial charge in [0.1, 0.15) is 12.6 Å². The number of rotatable bonds is 25. The number of amides is 1. The molecule has 34 heavy (non-hydrogen) atoms. The number of esters is 1. The topological polar surface area (TPSA) is 92.7 Å². The first-order chi connectivity index (χ1) is 16.5. The zero-order chi connectivity index (χ0) is 25.3. The van der Waals surface area contributed by atoms with Crippen LogP contribution in [0.15, 0.2) is 0 Å². The van der Waals surface area contributed by atoms with Gasteiger partial charge in [-0.25, -0.2) is 0 Å². The van der Waals surface area contributed by atoms with Crippen molar-refractivity contribution in [3.63, 3.8) is 0 Å². The zero-order valence-electron chi connectivity index (χ0n) is 22.2. The maximum atomic E-state index is 12.4. The third kappa shape index (κ3) is 23.6. The average molecular weight is 484 g/mol. The van der Waals surface area contributed by atoms with Crippen LogP contribution >= 0.6 is 0 Å². The molecule has 1 amide bonds. The summed E-state index contributed by atoms with van der Waals surface area (Å²) in [4.78, 5) is 34.4. The highest BCUT2D eigenvalue weighted by atomic mass is 16.5. The summed E-state index contributed by atoms with van der Waals surface area (Å²) in [5, 5.41) is 11.0. The first kappa shape index (κ1) is 32.4. The Morgan fingerprint density at radius 3 is 1.62 bits per heavy atom. The van der Waals surface area contributed by atoms with E-state index >= 15 is 0 Å². The molecule has 0 bridgehead atoms. The summed E-state index contributed by atoms with van der Waals surface area (Å²) in [6.07, 6.45) is 22.3. The summed E-state index contributed by atoms with van der Waals surface area (Å²) < 4.78 is 5.84. The van der Waals surface area contributed by atoms with E-state index in [9.17, 15) is 14.4 Å². The number of hydrogen-bond acceptors (Lipinski definition) is 4. The van der Waals surface area contributed by atoms with E-state index in [1.807, 2.05) is 0 Å². The molecule has 0 aliphatic rings. The number of unbranched alkanes of at least 4 members (excludes halogenated alkanes) is 14. The Hall–Kier alpha value is -1.59. The lowest BCUT2D eigenvalue weighted by atomic mass is 10.0. The molecule has 0 aliphatic heterocycles. The number of aliphatic carboxylic acids is 1. The third-order valence-corrected chi connectivity index (χ3v) is 6.28. The van der Waals surface area contributed by atoms with E-state index in [0.717, 1.165) is 57.8 Å². The molecule has 6 heteroatoms. The van der Waals surface area contributed by atoms with Gasteiger partial charge in [-0.2, -0.15) is 0 Å². The van der Waals surface area contributed by atoms with Crippen LogP contribution in [-0.2, 0) is 19.1 Å². The van der Waals surface area contributed by atoms with Gasteiger partial charge in [0.15, 0.2) is 0 Å². The quantitative estimate of drug-likeness (QED) is 0.105. The molecule has 0 rings (SSSR count). The molecule has 200 valence electrons. The van der Waals surface area contributed by atoms with Crippen molar-refractivity contribution < 1.29 is 24.2 Å². The molecule has 0 aliphatic carbocycles. The molecule has 0 heterocycles. The van der Waals surface area contributed by atoms with Gasteiger partial charge in [-0.05, 0) is 38.5 Å². The molecule has 1 atom stereocenters. The summed E-state index contributed by atoms with van der Waals surface area (Å²) in [7, 11) is 0. The van der Waals surface area contributed by atoms with E-state index < -0.39 is 5.97 Å². The molecular weight excluding hydrogens is 430 g/mol. The lowest BCUT2D eigenvalue weighted by Gasteiger charge is -2.18. The van der Waals surface area contributed by atoms with Crippen LogP contribution < -0.4 is 5.32 Å². The maximum absolute atomic E-state index is 12.4. The third-order valence-electron chi connectivity index (χ3n) is 6.28. The number of nitrogens with one attached hydrogen (secondary N) is 1. The second-order valence-electron chi connectivity index (χ2n) is 9.66. The number of carboxylic acid groups (broad SMARTS) is 1. The van der Waals surface area contributed by atoms with E-state index in [0.29, 0.717) is 12.8 Å². The molecule has 0 aromatic rings. The smallest absolute Gasteiger partial charge is 0.322 e. The maximum Gasteiger partial charge on any atom is 0.322 e. The Bertz CT molecular complexity index is 509. The van der Waals surface area contributed by atoms with Crippen LogP contribution in [-0.4, -0.2) is 35.6 Å². The predicted octanol–water partition coefficient (Wildman–Crippen LogP) is 7.33. The minimum atomic E-state index is -1.02. The fourth-order valence-electron chi connectivity index (χ4n) is 4.16. The molecule has 1 unspecified atom stereocenters. The standard InChI is InChI=1S/C28H53NO5/c1-3-5-7-9-10-11-12-13-19-23-28(33)34-25(20-16-8-6-4-2)21-17-14-15-18-22-26(30)29-24-27(31)32/h25H,3-24H2,1-2H3,(H,29,30)(H,31,32). The Kier molecular flexibility index (Phi) is 23.4. The van der Waals surface area contributed by atoms with Crippen molar-refractivity contribution >= 4 is 17.8 Å². The summed E-state index contributed by atoms with van der Waals surface area (Å²) in [5.74, 6) is -1.27. The summed E-state index contributed by atoms with van der Waals surface area (Å²) in [6, 6.07) is 0. The first-order valence-electron chi connectivity index (χ1n) is 14.2. The zero-order valence-corrected chi connectivity index (χ0v) is 22.2. The van der Waals surface area contributed by atoms with Crippen molar-refractivity contribution in [3.8, 4) is 0 Å². The van der Waals surface area contributed by atoms with Crippen LogP contribution in [0.3, 0.4) is 0 Å². The molecule has 6 nitrogen and oxygen atoms in total. The van der Waals surface area contributed by atoms with E-state index in [2.05, 4.69) is 19.2 Å². The Balaban J connectivity index is 3.99. The van der Waals surface area contributed by atoms with Crippen LogP contribution in [0.4, 0.5) is 0 Å².